The second kappa shape index (κ2) is 9.14. The molecule has 0 spiro atoms. The fraction of sp³-hybridized carbons (Fsp3) is 0.160. The first kappa shape index (κ1) is 21.3. The van der Waals surface area contributed by atoms with Gasteiger partial charge in [-0.05, 0) is 43.2 Å². The average molecular weight is 455 g/mol. The van der Waals surface area contributed by atoms with Crippen LogP contribution in [0.2, 0.25) is 0 Å². The molecule has 2 aliphatic rings. The largest absolute Gasteiger partial charge is 0.437 e. The van der Waals surface area contributed by atoms with Gasteiger partial charge in [0.15, 0.2) is 0 Å². The molecule has 2 atom stereocenters. The highest BCUT2D eigenvalue weighted by Gasteiger charge is 2.42. The minimum atomic E-state index is -0.395. The van der Waals surface area contributed by atoms with Gasteiger partial charge in [0, 0.05) is 29.7 Å². The Morgan fingerprint density at radius 2 is 1.85 bits per heavy atom. The normalized spacial score (nSPS) is 19.2. The topological polar surface area (TPSA) is 114 Å². The molecule has 1 fully saturated rings. The van der Waals surface area contributed by atoms with E-state index in [9.17, 15) is 14.4 Å². The molecular weight excluding hydrogens is 434 g/mol. The van der Waals surface area contributed by atoms with Crippen molar-refractivity contribution in [1.29, 1.82) is 0 Å². The van der Waals surface area contributed by atoms with E-state index in [0.29, 0.717) is 41.4 Å². The van der Waals surface area contributed by atoms with E-state index < -0.39 is 5.92 Å². The molecule has 34 heavy (non-hydrogen) atoms. The average Bonchev–Trinajstić information content (AvgIpc) is 2.87. The predicted molar refractivity (Wildman–Crippen MR) is 124 cm³/mol. The molecule has 2 heterocycles. The molecular formula is C25H21N5O4. The van der Waals surface area contributed by atoms with Crippen molar-refractivity contribution in [1.82, 2.24) is 15.4 Å². The first-order valence-electron chi connectivity index (χ1n) is 10.8. The third-order valence-corrected chi connectivity index (χ3v) is 5.75. The molecule has 2 N–H and O–H groups in total. The van der Waals surface area contributed by atoms with Gasteiger partial charge in [-0.25, -0.2) is 9.99 Å². The van der Waals surface area contributed by atoms with Crippen molar-refractivity contribution in [2.75, 3.05) is 10.3 Å². The quantitative estimate of drug-likeness (QED) is 0.570. The number of hydrogen-bond acceptors (Lipinski definition) is 6. The second-order valence-electron chi connectivity index (χ2n) is 7.98. The van der Waals surface area contributed by atoms with Gasteiger partial charge in [-0.2, -0.15) is 0 Å². The second-order valence-corrected chi connectivity index (χ2v) is 7.98. The van der Waals surface area contributed by atoms with E-state index in [1.165, 1.54) is 17.4 Å². The first-order chi connectivity index (χ1) is 16.6. The predicted octanol–water partition coefficient (Wildman–Crippen LogP) is 3.48. The van der Waals surface area contributed by atoms with Crippen molar-refractivity contribution in [3.63, 3.8) is 0 Å². The SMILES string of the molecule is O=C(Nc1cccc(Oc2cnccn2)c1)c1cccc(N2NC(=O)C3CC=CCC3C2=O)c1. The van der Waals surface area contributed by atoms with Crippen LogP contribution in [0.25, 0.3) is 0 Å². The summed E-state index contributed by atoms with van der Waals surface area (Å²) >= 11 is 0. The standard InChI is InChI=1S/C25H21N5O4/c31-23(28-17-6-4-8-19(14-17)34-22-15-26-11-12-27-22)16-5-3-7-18(13-16)30-25(33)21-10-2-1-9-20(21)24(32)29-30/h1-8,11-15,20-21H,9-10H2,(H,28,31)(H,29,32). The molecule has 9 heteroatoms. The number of fused-ring (bicyclic) bond motifs is 1. The summed E-state index contributed by atoms with van der Waals surface area (Å²) in [5, 5.41) is 4.07. The molecule has 1 aliphatic heterocycles. The Morgan fingerprint density at radius 1 is 1.03 bits per heavy atom. The maximum absolute atomic E-state index is 13.0. The lowest BCUT2D eigenvalue weighted by Crippen LogP contribution is -2.59. The van der Waals surface area contributed by atoms with Crippen LogP contribution in [0.3, 0.4) is 0 Å². The highest BCUT2D eigenvalue weighted by Crippen LogP contribution is 2.32. The van der Waals surface area contributed by atoms with E-state index in [1.54, 1.807) is 54.7 Å². The molecule has 1 aromatic heterocycles. The van der Waals surface area contributed by atoms with Gasteiger partial charge in [-0.15, -0.1) is 0 Å². The summed E-state index contributed by atoms with van der Waals surface area (Å²) in [6.45, 7) is 0. The molecule has 0 radical (unpaired) electrons. The first-order valence-corrected chi connectivity index (χ1v) is 10.8. The van der Waals surface area contributed by atoms with Crippen molar-refractivity contribution >= 4 is 29.1 Å². The van der Waals surface area contributed by atoms with Crippen LogP contribution < -0.4 is 20.5 Å². The molecule has 0 bridgehead atoms. The molecule has 1 saturated heterocycles. The number of amides is 3. The van der Waals surface area contributed by atoms with Crippen LogP contribution in [0, 0.1) is 11.8 Å². The lowest BCUT2D eigenvalue weighted by atomic mass is 9.80. The molecule has 9 nitrogen and oxygen atoms in total. The van der Waals surface area contributed by atoms with E-state index in [0.717, 1.165) is 0 Å². The summed E-state index contributed by atoms with van der Waals surface area (Å²) < 4.78 is 5.66. The zero-order valence-electron chi connectivity index (χ0n) is 18.0. The third-order valence-electron chi connectivity index (χ3n) is 5.75. The molecule has 2 aromatic carbocycles. The summed E-state index contributed by atoms with van der Waals surface area (Å²) in [5.41, 5.74) is 3.97. The molecule has 0 saturated carbocycles. The molecule has 170 valence electrons. The van der Waals surface area contributed by atoms with Crippen LogP contribution in [0.5, 0.6) is 11.6 Å². The number of carbonyl (C=O) groups is 3. The Hall–Kier alpha value is -4.53. The summed E-state index contributed by atoms with van der Waals surface area (Å²) in [4.78, 5) is 46.5. The van der Waals surface area contributed by atoms with Crippen LogP contribution in [-0.4, -0.2) is 27.7 Å². The lowest BCUT2D eigenvalue weighted by molar-refractivity contribution is -0.139. The number of hydrazine groups is 1. The Kier molecular flexibility index (Phi) is 5.73. The number of carbonyl (C=O) groups excluding carboxylic acids is 3. The van der Waals surface area contributed by atoms with Crippen LogP contribution in [-0.2, 0) is 9.59 Å². The van der Waals surface area contributed by atoms with E-state index in [2.05, 4.69) is 20.7 Å². The number of rotatable bonds is 5. The maximum Gasteiger partial charge on any atom is 0.255 e. The highest BCUT2D eigenvalue weighted by atomic mass is 16.5. The van der Waals surface area contributed by atoms with Gasteiger partial charge >= 0.3 is 0 Å². The monoisotopic (exact) mass is 455 g/mol. The summed E-state index contributed by atoms with van der Waals surface area (Å²) in [6.07, 6.45) is 9.51. The number of hydrogen-bond donors (Lipinski definition) is 2. The molecule has 5 rings (SSSR count). The van der Waals surface area contributed by atoms with Gasteiger partial charge in [0.05, 0.1) is 23.7 Å². The zero-order chi connectivity index (χ0) is 23.5. The summed E-state index contributed by atoms with van der Waals surface area (Å²) in [7, 11) is 0. The fourth-order valence-corrected chi connectivity index (χ4v) is 4.07. The third kappa shape index (κ3) is 4.36. The molecule has 3 aromatic rings. The van der Waals surface area contributed by atoms with E-state index in [-0.39, 0.29) is 23.6 Å². The Balaban J connectivity index is 1.31. The van der Waals surface area contributed by atoms with E-state index in [1.807, 2.05) is 12.2 Å². The fourth-order valence-electron chi connectivity index (χ4n) is 4.07. The van der Waals surface area contributed by atoms with Crippen LogP contribution in [0.1, 0.15) is 23.2 Å². The Bertz CT molecular complexity index is 1280. The zero-order valence-corrected chi connectivity index (χ0v) is 18.0. The molecule has 1 aliphatic carbocycles. The molecule has 2 unspecified atom stereocenters. The number of ether oxygens (including phenoxy) is 1. The van der Waals surface area contributed by atoms with Gasteiger partial charge in [0.1, 0.15) is 5.75 Å². The van der Waals surface area contributed by atoms with Crippen LogP contribution in [0.4, 0.5) is 11.4 Å². The Morgan fingerprint density at radius 3 is 2.68 bits per heavy atom. The number of nitrogens with zero attached hydrogens (tertiary/aromatic N) is 3. The number of benzene rings is 2. The van der Waals surface area contributed by atoms with Crippen LogP contribution in [0.15, 0.2) is 79.3 Å². The maximum atomic E-state index is 13.0. The number of nitrogens with one attached hydrogen (secondary N) is 2. The van der Waals surface area contributed by atoms with Gasteiger partial charge in [0.25, 0.3) is 5.91 Å². The molecule has 3 amide bonds. The van der Waals surface area contributed by atoms with Gasteiger partial charge in [-0.3, -0.25) is 24.8 Å². The summed E-state index contributed by atoms with van der Waals surface area (Å²) in [5.74, 6) is -0.658. The number of allylic oxidation sites excluding steroid dienone is 2. The van der Waals surface area contributed by atoms with Crippen LogP contribution >= 0.6 is 0 Å². The van der Waals surface area contributed by atoms with Crippen molar-refractivity contribution in [3.8, 4) is 11.6 Å². The summed E-state index contributed by atoms with van der Waals surface area (Å²) in [6, 6.07) is 13.5. The number of aromatic nitrogens is 2. The number of anilines is 2. The highest BCUT2D eigenvalue weighted by molar-refractivity contribution is 6.07. The van der Waals surface area contributed by atoms with Crippen molar-refractivity contribution < 1.29 is 19.1 Å². The lowest BCUT2D eigenvalue weighted by Gasteiger charge is -2.38. The Labute approximate surface area is 195 Å². The van der Waals surface area contributed by atoms with Gasteiger partial charge in [0.2, 0.25) is 17.7 Å². The minimum Gasteiger partial charge on any atom is -0.437 e. The van der Waals surface area contributed by atoms with Crippen molar-refractivity contribution in [3.05, 3.63) is 84.8 Å². The smallest absolute Gasteiger partial charge is 0.255 e. The van der Waals surface area contributed by atoms with Gasteiger partial charge in [-0.1, -0.05) is 24.3 Å². The van der Waals surface area contributed by atoms with Gasteiger partial charge < -0.3 is 10.1 Å². The van der Waals surface area contributed by atoms with Crippen molar-refractivity contribution in [2.24, 2.45) is 11.8 Å². The van der Waals surface area contributed by atoms with E-state index >= 15 is 0 Å². The minimum absolute atomic E-state index is 0.180. The van der Waals surface area contributed by atoms with E-state index in [4.69, 9.17) is 4.74 Å². The van der Waals surface area contributed by atoms with Crippen molar-refractivity contribution in [2.45, 2.75) is 12.8 Å².